The number of nitrogens with zero attached hydrogens (tertiary/aromatic N) is 2. The van der Waals surface area contributed by atoms with E-state index in [2.05, 4.69) is 21.0 Å². The minimum absolute atomic E-state index is 0.208. The van der Waals surface area contributed by atoms with Crippen molar-refractivity contribution in [3.05, 3.63) is 15.9 Å². The minimum atomic E-state index is -0.566. The van der Waals surface area contributed by atoms with Gasteiger partial charge >= 0.3 is 0 Å². The Balaban J connectivity index is 2.23. The van der Waals surface area contributed by atoms with Crippen LogP contribution in [-0.4, -0.2) is 27.8 Å². The molecule has 21 heavy (non-hydrogen) atoms. The molecule has 2 rings (SSSR count). The van der Waals surface area contributed by atoms with Crippen LogP contribution in [0, 0.1) is 6.92 Å². The van der Waals surface area contributed by atoms with Crippen molar-refractivity contribution in [2.24, 2.45) is 0 Å². The van der Waals surface area contributed by atoms with E-state index >= 15 is 0 Å². The van der Waals surface area contributed by atoms with Crippen molar-refractivity contribution in [3.8, 4) is 0 Å². The monoisotopic (exact) mass is 356 g/mol. The standard InChI is InChI=1S/C16H25BrN2O2/c1-4-19-13(15(17)12(3)18-19)11-14(20)16(21-5-2)9-7-6-8-10-16/h4-11H2,1-3H3. The van der Waals surface area contributed by atoms with E-state index in [-0.39, 0.29) is 5.78 Å². The van der Waals surface area contributed by atoms with E-state index in [4.69, 9.17) is 4.74 Å². The molecular weight excluding hydrogens is 332 g/mol. The third-order valence-electron chi connectivity index (χ3n) is 4.37. The van der Waals surface area contributed by atoms with Crippen LogP contribution >= 0.6 is 15.9 Å². The summed E-state index contributed by atoms with van der Waals surface area (Å²) in [6.45, 7) is 7.35. The van der Waals surface area contributed by atoms with Crippen LogP contribution in [0.4, 0.5) is 0 Å². The second-order valence-electron chi connectivity index (χ2n) is 5.75. The van der Waals surface area contributed by atoms with Gasteiger partial charge in [-0.3, -0.25) is 9.48 Å². The van der Waals surface area contributed by atoms with Crippen LogP contribution in [0.5, 0.6) is 0 Å². The fourth-order valence-corrected chi connectivity index (χ4v) is 3.68. The zero-order valence-corrected chi connectivity index (χ0v) is 14.8. The molecule has 1 aromatic rings. The maximum atomic E-state index is 12.9. The zero-order chi connectivity index (χ0) is 15.5. The number of carbonyl (C=O) groups excluding carboxylic acids is 1. The second-order valence-corrected chi connectivity index (χ2v) is 6.54. The summed E-state index contributed by atoms with van der Waals surface area (Å²) in [5.41, 5.74) is 1.35. The van der Waals surface area contributed by atoms with Gasteiger partial charge in [0.05, 0.1) is 22.3 Å². The third-order valence-corrected chi connectivity index (χ3v) is 5.40. The molecule has 0 aliphatic heterocycles. The molecular formula is C16H25BrN2O2. The summed E-state index contributed by atoms with van der Waals surface area (Å²) in [6, 6.07) is 0. The Morgan fingerprint density at radius 1 is 1.33 bits per heavy atom. The van der Waals surface area contributed by atoms with E-state index in [0.29, 0.717) is 13.0 Å². The first kappa shape index (κ1) is 16.7. The summed E-state index contributed by atoms with van der Waals surface area (Å²) < 4.78 is 8.81. The molecule has 0 spiro atoms. The van der Waals surface area contributed by atoms with Crippen molar-refractivity contribution in [3.63, 3.8) is 0 Å². The first-order valence-electron chi connectivity index (χ1n) is 7.93. The molecule has 1 aliphatic rings. The summed E-state index contributed by atoms with van der Waals surface area (Å²) in [4.78, 5) is 12.9. The van der Waals surface area contributed by atoms with Crippen LogP contribution in [0.15, 0.2) is 4.47 Å². The molecule has 0 aromatic carbocycles. The average Bonchev–Trinajstić information content (AvgIpc) is 2.76. The number of Topliss-reactive ketones (excluding diaryl/α,β-unsaturated/α-hetero) is 1. The number of ketones is 1. The molecule has 0 bridgehead atoms. The van der Waals surface area contributed by atoms with E-state index in [0.717, 1.165) is 48.1 Å². The molecule has 0 saturated heterocycles. The predicted molar refractivity (Wildman–Crippen MR) is 86.5 cm³/mol. The van der Waals surface area contributed by atoms with Crippen molar-refractivity contribution in [1.29, 1.82) is 0 Å². The van der Waals surface area contributed by atoms with Gasteiger partial charge in [-0.2, -0.15) is 5.10 Å². The normalized spacial score (nSPS) is 17.9. The molecule has 1 heterocycles. The Morgan fingerprint density at radius 2 is 2.00 bits per heavy atom. The highest BCUT2D eigenvalue weighted by molar-refractivity contribution is 9.10. The van der Waals surface area contributed by atoms with Crippen molar-refractivity contribution < 1.29 is 9.53 Å². The highest BCUT2D eigenvalue weighted by atomic mass is 79.9. The molecule has 0 atom stereocenters. The number of aryl methyl sites for hydroxylation is 2. The van der Waals surface area contributed by atoms with Gasteiger partial charge in [0.15, 0.2) is 5.78 Å². The lowest BCUT2D eigenvalue weighted by molar-refractivity contribution is -0.148. The van der Waals surface area contributed by atoms with Gasteiger partial charge in [-0.15, -0.1) is 0 Å². The van der Waals surface area contributed by atoms with Crippen LogP contribution in [0.1, 0.15) is 57.3 Å². The van der Waals surface area contributed by atoms with E-state index in [9.17, 15) is 4.79 Å². The molecule has 0 radical (unpaired) electrons. The SMILES string of the molecule is CCOC1(C(=O)Cc2c(Br)c(C)nn2CC)CCCCC1. The number of hydrogen-bond donors (Lipinski definition) is 0. The molecule has 118 valence electrons. The van der Waals surface area contributed by atoms with E-state index in [1.165, 1.54) is 6.42 Å². The van der Waals surface area contributed by atoms with E-state index in [1.54, 1.807) is 0 Å². The Morgan fingerprint density at radius 3 is 2.57 bits per heavy atom. The second kappa shape index (κ2) is 7.05. The number of rotatable bonds is 6. The molecule has 5 heteroatoms. The first-order chi connectivity index (χ1) is 10.0. The Hall–Kier alpha value is -0.680. The number of halogens is 1. The zero-order valence-electron chi connectivity index (χ0n) is 13.2. The first-order valence-corrected chi connectivity index (χ1v) is 8.72. The van der Waals surface area contributed by atoms with Gasteiger partial charge in [0.1, 0.15) is 5.60 Å². The third kappa shape index (κ3) is 3.39. The number of ether oxygens (including phenoxy) is 1. The maximum absolute atomic E-state index is 12.9. The molecule has 1 aliphatic carbocycles. The van der Waals surface area contributed by atoms with Crippen LogP contribution in [0.25, 0.3) is 0 Å². The fraction of sp³-hybridized carbons (Fsp3) is 0.750. The molecule has 0 unspecified atom stereocenters. The van der Waals surface area contributed by atoms with Gasteiger partial charge in [-0.1, -0.05) is 19.3 Å². The number of aromatic nitrogens is 2. The Labute approximate surface area is 135 Å². The van der Waals surface area contributed by atoms with E-state index in [1.807, 2.05) is 25.5 Å². The quantitative estimate of drug-likeness (QED) is 0.777. The van der Waals surface area contributed by atoms with Gasteiger partial charge in [0, 0.05) is 13.2 Å². The van der Waals surface area contributed by atoms with Crippen LogP contribution in [-0.2, 0) is 22.5 Å². The van der Waals surface area contributed by atoms with Gasteiger partial charge in [0.25, 0.3) is 0 Å². The number of hydrogen-bond acceptors (Lipinski definition) is 3. The van der Waals surface area contributed by atoms with Crippen molar-refractivity contribution in [2.75, 3.05) is 6.61 Å². The highest BCUT2D eigenvalue weighted by Crippen LogP contribution is 2.34. The van der Waals surface area contributed by atoms with Crippen molar-refractivity contribution in [1.82, 2.24) is 9.78 Å². The van der Waals surface area contributed by atoms with Crippen LogP contribution in [0.2, 0.25) is 0 Å². The minimum Gasteiger partial charge on any atom is -0.367 e. The average molecular weight is 357 g/mol. The van der Waals surface area contributed by atoms with Gasteiger partial charge in [-0.25, -0.2) is 0 Å². The van der Waals surface area contributed by atoms with Gasteiger partial charge in [-0.05, 0) is 49.5 Å². The predicted octanol–water partition coefficient (Wildman–Crippen LogP) is 3.82. The molecule has 0 amide bonds. The lowest BCUT2D eigenvalue weighted by Gasteiger charge is -2.35. The van der Waals surface area contributed by atoms with Crippen LogP contribution < -0.4 is 0 Å². The summed E-state index contributed by atoms with van der Waals surface area (Å²) in [5, 5.41) is 4.47. The summed E-state index contributed by atoms with van der Waals surface area (Å²) in [6.07, 6.45) is 5.48. The van der Waals surface area contributed by atoms with Gasteiger partial charge in [0.2, 0.25) is 0 Å². The van der Waals surface area contributed by atoms with Crippen LogP contribution in [0.3, 0.4) is 0 Å². The van der Waals surface area contributed by atoms with Crippen molar-refractivity contribution in [2.45, 2.75) is 71.4 Å². The molecule has 4 nitrogen and oxygen atoms in total. The summed E-state index contributed by atoms with van der Waals surface area (Å²) >= 11 is 3.57. The summed E-state index contributed by atoms with van der Waals surface area (Å²) in [7, 11) is 0. The Bertz CT molecular complexity index is 499. The highest BCUT2D eigenvalue weighted by Gasteiger charge is 2.40. The maximum Gasteiger partial charge on any atom is 0.170 e. The largest absolute Gasteiger partial charge is 0.367 e. The molecule has 0 N–H and O–H groups in total. The number of carbonyl (C=O) groups is 1. The Kier molecular flexibility index (Phi) is 5.60. The van der Waals surface area contributed by atoms with Crippen molar-refractivity contribution >= 4 is 21.7 Å². The van der Waals surface area contributed by atoms with Gasteiger partial charge < -0.3 is 4.74 Å². The fourth-order valence-electron chi connectivity index (χ4n) is 3.25. The smallest absolute Gasteiger partial charge is 0.170 e. The summed E-state index contributed by atoms with van der Waals surface area (Å²) in [5.74, 6) is 0.208. The van der Waals surface area contributed by atoms with E-state index < -0.39 is 5.60 Å². The topological polar surface area (TPSA) is 44.1 Å². The lowest BCUT2D eigenvalue weighted by Crippen LogP contribution is -2.44. The lowest BCUT2D eigenvalue weighted by atomic mass is 9.80. The molecule has 1 saturated carbocycles. The molecule has 1 aromatic heterocycles. The molecule has 1 fully saturated rings.